The van der Waals surface area contributed by atoms with Crippen LogP contribution in [0.2, 0.25) is 0 Å². The van der Waals surface area contributed by atoms with E-state index in [-0.39, 0.29) is 6.10 Å². The van der Waals surface area contributed by atoms with E-state index in [1.807, 2.05) is 4.90 Å². The van der Waals surface area contributed by atoms with Gasteiger partial charge in [-0.3, -0.25) is 9.79 Å². The summed E-state index contributed by atoms with van der Waals surface area (Å²) in [5.74, 6) is 2.10. The van der Waals surface area contributed by atoms with Gasteiger partial charge < -0.3 is 24.8 Å². The van der Waals surface area contributed by atoms with Gasteiger partial charge in [-0.1, -0.05) is 13.3 Å². The number of guanidine groups is 1. The summed E-state index contributed by atoms with van der Waals surface area (Å²) in [5.41, 5.74) is 0. The number of rotatable bonds is 10. The number of aliphatic imine (C=N–C) groups is 1. The highest BCUT2D eigenvalue weighted by Gasteiger charge is 2.16. The topological polar surface area (TPSA) is 96.7 Å². The molecule has 1 amide bonds. The lowest BCUT2D eigenvalue weighted by Crippen LogP contribution is -2.41. The average Bonchev–Trinajstić information content (AvgIpc) is 3.39. The van der Waals surface area contributed by atoms with Gasteiger partial charge in [0.1, 0.15) is 12.2 Å². The van der Waals surface area contributed by atoms with Crippen molar-refractivity contribution < 1.29 is 9.53 Å². The zero-order chi connectivity index (χ0) is 21.0. The molecule has 2 aliphatic heterocycles. The number of nitrogens with one attached hydrogen (secondary N) is 2. The summed E-state index contributed by atoms with van der Waals surface area (Å²) in [4.78, 5) is 18.9. The summed E-state index contributed by atoms with van der Waals surface area (Å²) >= 11 is 0. The summed E-state index contributed by atoms with van der Waals surface area (Å²) in [6.07, 6.45) is 10.00. The first-order chi connectivity index (χ1) is 14.8. The molecule has 2 saturated heterocycles. The largest absolute Gasteiger partial charge is 0.376 e. The quantitative estimate of drug-likeness (QED) is 0.338. The van der Waals surface area contributed by atoms with Crippen LogP contribution in [-0.2, 0) is 22.5 Å². The van der Waals surface area contributed by atoms with Crippen LogP contribution in [0.3, 0.4) is 0 Å². The van der Waals surface area contributed by atoms with E-state index in [1.54, 1.807) is 6.33 Å². The smallest absolute Gasteiger partial charge is 0.222 e. The number of nitrogens with zero attached hydrogens (tertiary/aromatic N) is 5. The molecular weight excluding hydrogens is 382 g/mol. The predicted molar refractivity (Wildman–Crippen MR) is 116 cm³/mol. The molecule has 9 nitrogen and oxygen atoms in total. The normalized spacial score (nSPS) is 20.4. The molecule has 1 unspecified atom stereocenters. The van der Waals surface area contributed by atoms with Crippen LogP contribution in [0.1, 0.15) is 57.7 Å². The standard InChI is InChI=1S/C21H37N7O2/c1-2-19-26-25-17-28(19)14-11-23-21(24-16-18-8-6-15-30-18)22-10-7-13-27-12-5-3-4-9-20(27)29/h17-18H,2-16H2,1H3,(H2,22,23,24). The van der Waals surface area contributed by atoms with Gasteiger partial charge in [0.25, 0.3) is 0 Å². The van der Waals surface area contributed by atoms with Crippen molar-refractivity contribution in [1.29, 1.82) is 0 Å². The van der Waals surface area contributed by atoms with Gasteiger partial charge in [-0.2, -0.15) is 0 Å². The number of aryl methyl sites for hydroxylation is 1. The fraction of sp³-hybridized carbons (Fsp3) is 0.810. The molecule has 0 bridgehead atoms. The van der Waals surface area contributed by atoms with E-state index < -0.39 is 0 Å². The maximum Gasteiger partial charge on any atom is 0.222 e. The van der Waals surface area contributed by atoms with Crippen molar-refractivity contribution in [2.24, 2.45) is 4.99 Å². The van der Waals surface area contributed by atoms with Crippen LogP contribution in [0.5, 0.6) is 0 Å². The van der Waals surface area contributed by atoms with Crippen molar-refractivity contribution in [3.8, 4) is 0 Å². The van der Waals surface area contributed by atoms with Crippen molar-refractivity contribution in [2.45, 2.75) is 70.9 Å². The minimum Gasteiger partial charge on any atom is -0.376 e. The molecule has 0 aliphatic carbocycles. The zero-order valence-corrected chi connectivity index (χ0v) is 18.3. The van der Waals surface area contributed by atoms with Crippen molar-refractivity contribution in [1.82, 2.24) is 30.3 Å². The highest BCUT2D eigenvalue weighted by atomic mass is 16.5. The minimum absolute atomic E-state index is 0.225. The first-order valence-corrected chi connectivity index (χ1v) is 11.5. The van der Waals surface area contributed by atoms with Crippen molar-refractivity contribution in [3.63, 3.8) is 0 Å². The number of hydrogen-bond donors (Lipinski definition) is 2. The van der Waals surface area contributed by atoms with E-state index in [2.05, 4.69) is 32.3 Å². The van der Waals surface area contributed by atoms with Crippen LogP contribution in [-0.4, -0.2) is 77.0 Å². The Morgan fingerprint density at radius 1 is 1.23 bits per heavy atom. The van der Waals surface area contributed by atoms with Crippen LogP contribution in [0, 0.1) is 0 Å². The fourth-order valence-electron chi connectivity index (χ4n) is 3.94. The molecule has 1 atom stereocenters. The summed E-state index contributed by atoms with van der Waals surface area (Å²) in [7, 11) is 0. The molecule has 9 heteroatoms. The number of carbonyl (C=O) groups excluding carboxylic acids is 1. The van der Waals surface area contributed by atoms with E-state index in [4.69, 9.17) is 9.73 Å². The van der Waals surface area contributed by atoms with Crippen LogP contribution in [0.4, 0.5) is 0 Å². The van der Waals surface area contributed by atoms with Crippen LogP contribution in [0.15, 0.2) is 11.3 Å². The Balaban J connectivity index is 1.44. The molecule has 168 valence electrons. The Morgan fingerprint density at radius 3 is 2.97 bits per heavy atom. The summed E-state index contributed by atoms with van der Waals surface area (Å²) in [6.45, 7) is 7.63. The first kappa shape index (κ1) is 22.5. The van der Waals surface area contributed by atoms with Gasteiger partial charge in [-0.05, 0) is 32.1 Å². The van der Waals surface area contributed by atoms with Gasteiger partial charge >= 0.3 is 0 Å². The molecule has 0 aromatic carbocycles. The number of aromatic nitrogens is 3. The molecule has 0 saturated carbocycles. The van der Waals surface area contributed by atoms with Gasteiger partial charge in [0.15, 0.2) is 5.96 Å². The number of amides is 1. The molecule has 0 radical (unpaired) electrons. The minimum atomic E-state index is 0.225. The number of carbonyl (C=O) groups is 1. The lowest BCUT2D eigenvalue weighted by Gasteiger charge is -2.21. The number of likely N-dealkylation sites (tertiary alicyclic amines) is 1. The van der Waals surface area contributed by atoms with Gasteiger partial charge in [0.05, 0.1) is 12.6 Å². The third-order valence-corrected chi connectivity index (χ3v) is 5.70. The predicted octanol–water partition coefficient (Wildman–Crippen LogP) is 1.35. The molecule has 2 aliphatic rings. The second kappa shape index (κ2) is 12.5. The van der Waals surface area contributed by atoms with Gasteiger partial charge in [-0.25, -0.2) is 0 Å². The zero-order valence-electron chi connectivity index (χ0n) is 18.3. The fourth-order valence-corrected chi connectivity index (χ4v) is 3.94. The molecule has 2 fully saturated rings. The van der Waals surface area contributed by atoms with Crippen LogP contribution < -0.4 is 10.6 Å². The summed E-state index contributed by atoms with van der Waals surface area (Å²) in [6, 6.07) is 0. The van der Waals surface area contributed by atoms with Gasteiger partial charge in [-0.15, -0.1) is 10.2 Å². The lowest BCUT2D eigenvalue weighted by atomic mass is 10.2. The molecule has 1 aromatic heterocycles. The van der Waals surface area contributed by atoms with Gasteiger partial charge in [0.2, 0.25) is 5.91 Å². The molecule has 2 N–H and O–H groups in total. The highest BCUT2D eigenvalue weighted by Crippen LogP contribution is 2.12. The molecular formula is C21H37N7O2. The third-order valence-electron chi connectivity index (χ3n) is 5.70. The Morgan fingerprint density at radius 2 is 2.13 bits per heavy atom. The Hall–Kier alpha value is -2.16. The van der Waals surface area contributed by atoms with Gasteiger partial charge in [0, 0.05) is 52.2 Å². The first-order valence-electron chi connectivity index (χ1n) is 11.5. The molecule has 3 heterocycles. The van der Waals surface area contributed by atoms with Crippen molar-refractivity contribution in [2.75, 3.05) is 39.3 Å². The Labute approximate surface area is 179 Å². The van der Waals surface area contributed by atoms with Crippen LogP contribution >= 0.6 is 0 Å². The third kappa shape index (κ3) is 7.27. The lowest BCUT2D eigenvalue weighted by molar-refractivity contribution is -0.130. The van der Waals surface area contributed by atoms with E-state index in [0.29, 0.717) is 18.9 Å². The maximum atomic E-state index is 12.1. The maximum absolute atomic E-state index is 12.1. The SMILES string of the molecule is CCc1nncn1CCNC(=NCC1CCCO1)NCCCN1CCCCCC1=O. The molecule has 0 spiro atoms. The van der Waals surface area contributed by atoms with E-state index in [0.717, 1.165) is 96.1 Å². The van der Waals surface area contributed by atoms with Crippen molar-refractivity contribution >= 4 is 11.9 Å². The second-order valence-electron chi connectivity index (χ2n) is 8.02. The van der Waals surface area contributed by atoms with E-state index >= 15 is 0 Å². The number of hydrogen-bond acceptors (Lipinski definition) is 5. The summed E-state index contributed by atoms with van der Waals surface area (Å²) < 4.78 is 7.76. The highest BCUT2D eigenvalue weighted by molar-refractivity contribution is 5.79. The summed E-state index contributed by atoms with van der Waals surface area (Å²) in [5, 5.41) is 15.0. The van der Waals surface area contributed by atoms with E-state index in [9.17, 15) is 4.79 Å². The van der Waals surface area contributed by atoms with E-state index in [1.165, 1.54) is 0 Å². The monoisotopic (exact) mass is 419 g/mol. The molecule has 30 heavy (non-hydrogen) atoms. The van der Waals surface area contributed by atoms with Crippen LogP contribution in [0.25, 0.3) is 0 Å². The molecule has 3 rings (SSSR count). The second-order valence-corrected chi connectivity index (χ2v) is 8.02. The Bertz CT molecular complexity index is 670. The average molecular weight is 420 g/mol. The van der Waals surface area contributed by atoms with Crippen molar-refractivity contribution in [3.05, 3.63) is 12.2 Å². The molecule has 1 aromatic rings. The number of ether oxygens (including phenoxy) is 1. The Kier molecular flexibility index (Phi) is 9.40.